The molecule has 1 aromatic rings. The maximum atomic E-state index is 11.0. The molecule has 0 amide bonds. The lowest BCUT2D eigenvalue weighted by Crippen LogP contribution is -2.08. The van der Waals surface area contributed by atoms with Crippen LogP contribution in [-0.4, -0.2) is 55.1 Å². The Kier molecular flexibility index (Phi) is 12.2. The highest BCUT2D eigenvalue weighted by atomic mass is 16.7. The van der Waals surface area contributed by atoms with Crippen molar-refractivity contribution >= 4 is 12.0 Å². The largest absolute Gasteiger partial charge is 0.490 e. The Morgan fingerprint density at radius 3 is 1.77 bits per heavy atom. The zero-order chi connectivity index (χ0) is 23.1. The average Bonchev–Trinajstić information content (AvgIpc) is 2.78. The van der Waals surface area contributed by atoms with Crippen LogP contribution in [0.2, 0.25) is 0 Å². The molecule has 0 aromatic heterocycles. The highest BCUT2D eigenvalue weighted by Crippen LogP contribution is 2.50. The molecule has 0 heterocycles. The summed E-state index contributed by atoms with van der Waals surface area (Å²) in [5, 5.41) is 0. The highest BCUT2D eigenvalue weighted by Gasteiger charge is 2.25. The molecule has 0 aliphatic carbocycles. The van der Waals surface area contributed by atoms with Crippen LogP contribution < -0.4 is 18.9 Å². The maximum Gasteiger partial charge on any atom is 0.330 e. The molecule has 0 bridgehead atoms. The number of allylic oxidation sites excluding steroid dienone is 6. The normalized spacial score (nSPS) is 11.7. The summed E-state index contributed by atoms with van der Waals surface area (Å²) in [6.45, 7) is 1.96. The fraction of sp³-hybridized carbons (Fsp3) is 0.348. The Balaban J connectivity index is 3.27. The van der Waals surface area contributed by atoms with Crippen LogP contribution in [0.25, 0.3) is 6.08 Å². The molecule has 1 rings (SSSR count). The zero-order valence-electron chi connectivity index (χ0n) is 18.8. The van der Waals surface area contributed by atoms with Crippen molar-refractivity contribution in [1.82, 2.24) is 0 Å². The average molecular weight is 434 g/mol. The topological polar surface area (TPSA) is 81.7 Å². The Hall–Kier alpha value is -3.23. The van der Waals surface area contributed by atoms with E-state index in [-0.39, 0.29) is 13.6 Å². The van der Waals surface area contributed by atoms with Gasteiger partial charge >= 0.3 is 5.97 Å². The molecule has 0 unspecified atom stereocenters. The minimum atomic E-state index is -0.410. The Morgan fingerprint density at radius 2 is 1.23 bits per heavy atom. The summed E-state index contributed by atoms with van der Waals surface area (Å²) < 4.78 is 37.2. The van der Waals surface area contributed by atoms with E-state index in [9.17, 15) is 4.79 Å². The van der Waals surface area contributed by atoms with Gasteiger partial charge in [-0.1, -0.05) is 42.5 Å². The fourth-order valence-electron chi connectivity index (χ4n) is 2.53. The van der Waals surface area contributed by atoms with Crippen molar-refractivity contribution in [2.24, 2.45) is 0 Å². The number of hydrogen-bond donors (Lipinski definition) is 0. The van der Waals surface area contributed by atoms with Gasteiger partial charge in [-0.2, -0.15) is 0 Å². The molecular weight excluding hydrogens is 404 g/mol. The van der Waals surface area contributed by atoms with Crippen molar-refractivity contribution < 1.29 is 38.0 Å². The van der Waals surface area contributed by atoms with E-state index in [1.165, 1.54) is 41.6 Å². The van der Waals surface area contributed by atoms with Crippen molar-refractivity contribution in [2.45, 2.75) is 6.92 Å². The molecular formula is C23H30O8. The first-order chi connectivity index (χ1) is 15.0. The smallest absolute Gasteiger partial charge is 0.330 e. The van der Waals surface area contributed by atoms with Crippen LogP contribution in [0, 0.1) is 6.92 Å². The molecule has 0 aliphatic heterocycles. The number of esters is 1. The molecule has 0 fully saturated rings. The minimum Gasteiger partial charge on any atom is -0.490 e. The Morgan fingerprint density at radius 1 is 0.710 bits per heavy atom. The SMILES string of the molecule is COCOc1c(C)c(C=CC=CC=CC=CC(=O)OC)c(OCOC)c(OC)c1OC. The third kappa shape index (κ3) is 7.84. The van der Waals surface area contributed by atoms with E-state index in [4.69, 9.17) is 28.4 Å². The Bertz CT molecular complexity index is 822. The van der Waals surface area contributed by atoms with Crippen LogP contribution in [0.15, 0.2) is 42.5 Å². The van der Waals surface area contributed by atoms with E-state index < -0.39 is 5.97 Å². The summed E-state index contributed by atoms with van der Waals surface area (Å²) in [5.74, 6) is 1.32. The van der Waals surface area contributed by atoms with Gasteiger partial charge in [0.15, 0.2) is 25.1 Å². The molecule has 31 heavy (non-hydrogen) atoms. The molecule has 0 aliphatic rings. The lowest BCUT2D eigenvalue weighted by atomic mass is 10.0. The number of carbonyl (C=O) groups is 1. The van der Waals surface area contributed by atoms with E-state index in [0.29, 0.717) is 23.0 Å². The summed E-state index contributed by atoms with van der Waals surface area (Å²) in [7, 11) is 7.44. The van der Waals surface area contributed by atoms with Crippen LogP contribution in [0.4, 0.5) is 0 Å². The molecule has 0 atom stereocenters. The summed E-state index contributed by atoms with van der Waals surface area (Å²) in [4.78, 5) is 11.0. The predicted octanol–water partition coefficient (Wildman–Crippen LogP) is 3.83. The fourth-order valence-corrected chi connectivity index (χ4v) is 2.53. The standard InChI is InChI=1S/C23H30O8/c1-17-18(13-11-9-7-8-10-12-14-19(24)27-4)21(31-16-26-3)23(29-6)22(28-5)20(17)30-15-25-2/h7-14H,15-16H2,1-6H3. The summed E-state index contributed by atoms with van der Waals surface area (Å²) in [6.07, 6.45) is 13.7. The molecule has 8 heteroatoms. The first kappa shape index (κ1) is 25.8. The number of carbonyl (C=O) groups excluding carboxylic acids is 1. The van der Waals surface area contributed by atoms with Gasteiger partial charge in [-0.25, -0.2) is 4.79 Å². The van der Waals surface area contributed by atoms with Crippen molar-refractivity contribution in [3.05, 3.63) is 53.7 Å². The zero-order valence-corrected chi connectivity index (χ0v) is 18.8. The second-order valence-electron chi connectivity index (χ2n) is 5.88. The van der Waals surface area contributed by atoms with Gasteiger partial charge in [0.05, 0.1) is 21.3 Å². The monoisotopic (exact) mass is 434 g/mol. The van der Waals surface area contributed by atoms with Crippen molar-refractivity contribution in [3.63, 3.8) is 0 Å². The van der Waals surface area contributed by atoms with E-state index >= 15 is 0 Å². The van der Waals surface area contributed by atoms with Crippen molar-refractivity contribution in [3.8, 4) is 23.0 Å². The van der Waals surface area contributed by atoms with Gasteiger partial charge in [-0.15, -0.1) is 0 Å². The van der Waals surface area contributed by atoms with E-state index in [1.54, 1.807) is 18.2 Å². The summed E-state index contributed by atoms with van der Waals surface area (Å²) in [5.41, 5.74) is 1.52. The second kappa shape index (κ2) is 14.7. The van der Waals surface area contributed by atoms with Gasteiger partial charge in [0.1, 0.15) is 0 Å². The van der Waals surface area contributed by atoms with Gasteiger partial charge in [0, 0.05) is 31.4 Å². The van der Waals surface area contributed by atoms with Crippen LogP contribution >= 0.6 is 0 Å². The second-order valence-corrected chi connectivity index (χ2v) is 5.88. The van der Waals surface area contributed by atoms with Crippen LogP contribution in [0.1, 0.15) is 11.1 Å². The lowest BCUT2D eigenvalue weighted by Gasteiger charge is -2.21. The van der Waals surface area contributed by atoms with E-state index in [1.807, 2.05) is 31.2 Å². The summed E-state index contributed by atoms with van der Waals surface area (Å²) in [6, 6.07) is 0. The number of hydrogen-bond acceptors (Lipinski definition) is 8. The van der Waals surface area contributed by atoms with Gasteiger partial charge < -0.3 is 33.2 Å². The van der Waals surface area contributed by atoms with Crippen molar-refractivity contribution in [2.75, 3.05) is 49.1 Å². The number of benzene rings is 1. The summed E-state index contributed by atoms with van der Waals surface area (Å²) >= 11 is 0. The molecule has 0 spiro atoms. The number of ether oxygens (including phenoxy) is 7. The maximum absolute atomic E-state index is 11.0. The molecule has 170 valence electrons. The lowest BCUT2D eigenvalue weighted by molar-refractivity contribution is -0.134. The number of rotatable bonds is 13. The first-order valence-corrected chi connectivity index (χ1v) is 9.33. The minimum absolute atomic E-state index is 0.0309. The predicted molar refractivity (Wildman–Crippen MR) is 118 cm³/mol. The van der Waals surface area contributed by atoms with Crippen LogP contribution in [0.3, 0.4) is 0 Å². The molecule has 0 saturated heterocycles. The Labute approximate surface area is 183 Å². The quantitative estimate of drug-likeness (QED) is 0.201. The number of methoxy groups -OCH3 is 5. The molecule has 0 radical (unpaired) electrons. The van der Waals surface area contributed by atoms with Gasteiger partial charge in [-0.05, 0) is 6.92 Å². The van der Waals surface area contributed by atoms with Crippen molar-refractivity contribution in [1.29, 1.82) is 0 Å². The van der Waals surface area contributed by atoms with Crippen LogP contribution in [-0.2, 0) is 19.0 Å². The first-order valence-electron chi connectivity index (χ1n) is 9.33. The van der Waals surface area contributed by atoms with E-state index in [0.717, 1.165) is 11.1 Å². The van der Waals surface area contributed by atoms with Crippen LogP contribution in [0.5, 0.6) is 23.0 Å². The van der Waals surface area contributed by atoms with E-state index in [2.05, 4.69) is 4.74 Å². The third-order valence-corrected chi connectivity index (χ3v) is 3.91. The molecule has 1 aromatic carbocycles. The third-order valence-electron chi connectivity index (χ3n) is 3.91. The van der Waals surface area contributed by atoms with Gasteiger partial charge in [-0.3, -0.25) is 0 Å². The molecule has 8 nitrogen and oxygen atoms in total. The molecule has 0 N–H and O–H groups in total. The van der Waals surface area contributed by atoms with Gasteiger partial charge in [0.25, 0.3) is 0 Å². The molecule has 0 saturated carbocycles. The highest BCUT2D eigenvalue weighted by molar-refractivity contribution is 5.82. The van der Waals surface area contributed by atoms with Gasteiger partial charge in [0.2, 0.25) is 11.5 Å².